The highest BCUT2D eigenvalue weighted by Crippen LogP contribution is 2.19. The van der Waals surface area contributed by atoms with Crippen molar-refractivity contribution in [3.8, 4) is 0 Å². The molecule has 1 aliphatic rings. The summed E-state index contributed by atoms with van der Waals surface area (Å²) in [5.41, 5.74) is 0. The van der Waals surface area contributed by atoms with Crippen LogP contribution in [0.1, 0.15) is 20.3 Å². The van der Waals surface area contributed by atoms with Crippen LogP contribution in [0.3, 0.4) is 0 Å². The van der Waals surface area contributed by atoms with Crippen LogP contribution in [0.4, 0.5) is 0 Å². The van der Waals surface area contributed by atoms with Crippen molar-refractivity contribution < 1.29 is 4.79 Å². The predicted molar refractivity (Wildman–Crippen MR) is 70.9 cm³/mol. The Morgan fingerprint density at radius 1 is 1.47 bits per heavy atom. The minimum absolute atomic E-state index is 0.0170. The number of hydrogen-bond donors (Lipinski definition) is 1. The average molecular weight is 241 g/mol. The van der Waals surface area contributed by atoms with Crippen molar-refractivity contribution in [1.29, 1.82) is 0 Å². The maximum atomic E-state index is 12.4. The number of likely N-dealkylation sites (N-methyl/N-ethyl adjacent to an activating group) is 1. The van der Waals surface area contributed by atoms with Crippen LogP contribution in [0.15, 0.2) is 0 Å². The third-order valence-electron chi connectivity index (χ3n) is 3.53. The molecule has 1 saturated heterocycles. The second-order valence-electron chi connectivity index (χ2n) is 5.65. The predicted octanol–water partition coefficient (Wildman–Crippen LogP) is 0.641. The highest BCUT2D eigenvalue weighted by atomic mass is 16.2. The zero-order valence-corrected chi connectivity index (χ0v) is 11.9. The van der Waals surface area contributed by atoms with Gasteiger partial charge in [-0.2, -0.15) is 0 Å². The van der Waals surface area contributed by atoms with Crippen LogP contribution >= 0.6 is 0 Å². The van der Waals surface area contributed by atoms with Crippen LogP contribution in [-0.4, -0.2) is 62.5 Å². The molecule has 1 fully saturated rings. The standard InChI is InChI=1S/C13H27N3O/c1-10(2)12(15(4)5)13(17)16-7-6-11(9-16)8-14-3/h10-12,14H,6-9H2,1-5H3. The number of rotatable bonds is 5. The van der Waals surface area contributed by atoms with Crippen molar-refractivity contribution in [3.63, 3.8) is 0 Å². The van der Waals surface area contributed by atoms with Gasteiger partial charge in [-0.25, -0.2) is 0 Å². The number of amides is 1. The molecule has 0 aromatic heterocycles. The van der Waals surface area contributed by atoms with Crippen molar-refractivity contribution in [2.24, 2.45) is 11.8 Å². The first kappa shape index (κ1) is 14.5. The molecule has 0 bridgehead atoms. The molecule has 2 atom stereocenters. The molecule has 1 rings (SSSR count). The lowest BCUT2D eigenvalue weighted by molar-refractivity contribution is -0.136. The molecule has 1 aliphatic heterocycles. The van der Waals surface area contributed by atoms with E-state index in [2.05, 4.69) is 19.2 Å². The van der Waals surface area contributed by atoms with Gasteiger partial charge in [-0.1, -0.05) is 13.8 Å². The minimum atomic E-state index is 0.0170. The molecule has 17 heavy (non-hydrogen) atoms. The summed E-state index contributed by atoms with van der Waals surface area (Å²) in [4.78, 5) is 16.5. The van der Waals surface area contributed by atoms with Crippen LogP contribution in [0.2, 0.25) is 0 Å². The molecular weight excluding hydrogens is 214 g/mol. The topological polar surface area (TPSA) is 35.6 Å². The fourth-order valence-corrected chi connectivity index (χ4v) is 2.78. The highest BCUT2D eigenvalue weighted by molar-refractivity contribution is 5.82. The lowest BCUT2D eigenvalue weighted by atomic mass is 10.0. The number of carbonyl (C=O) groups excluding carboxylic acids is 1. The van der Waals surface area contributed by atoms with Gasteiger partial charge >= 0.3 is 0 Å². The van der Waals surface area contributed by atoms with Gasteiger partial charge in [0.05, 0.1) is 6.04 Å². The van der Waals surface area contributed by atoms with Crippen LogP contribution in [-0.2, 0) is 4.79 Å². The monoisotopic (exact) mass is 241 g/mol. The smallest absolute Gasteiger partial charge is 0.240 e. The van der Waals surface area contributed by atoms with Crippen molar-refractivity contribution in [2.75, 3.05) is 40.8 Å². The average Bonchev–Trinajstić information content (AvgIpc) is 2.65. The van der Waals surface area contributed by atoms with E-state index < -0.39 is 0 Å². The van der Waals surface area contributed by atoms with Crippen molar-refractivity contribution in [2.45, 2.75) is 26.3 Å². The minimum Gasteiger partial charge on any atom is -0.341 e. The van der Waals surface area contributed by atoms with E-state index in [-0.39, 0.29) is 6.04 Å². The molecule has 0 aromatic carbocycles. The van der Waals surface area contributed by atoms with Gasteiger partial charge in [0.15, 0.2) is 0 Å². The lowest BCUT2D eigenvalue weighted by Crippen LogP contribution is -2.48. The Kier molecular flexibility index (Phi) is 5.40. The maximum Gasteiger partial charge on any atom is 0.240 e. The molecule has 4 nitrogen and oxygen atoms in total. The van der Waals surface area contributed by atoms with E-state index in [1.54, 1.807) is 0 Å². The Labute approximate surface area is 105 Å². The summed E-state index contributed by atoms with van der Waals surface area (Å²) in [5, 5.41) is 3.20. The van der Waals surface area contributed by atoms with E-state index in [9.17, 15) is 4.79 Å². The molecule has 100 valence electrons. The zero-order chi connectivity index (χ0) is 13.0. The molecule has 0 radical (unpaired) electrons. The van der Waals surface area contributed by atoms with Gasteiger partial charge in [0.2, 0.25) is 5.91 Å². The molecule has 0 saturated carbocycles. The number of likely N-dealkylation sites (tertiary alicyclic amines) is 1. The summed E-state index contributed by atoms with van der Waals surface area (Å²) in [6.07, 6.45) is 1.13. The molecule has 0 aliphatic carbocycles. The van der Waals surface area contributed by atoms with Crippen molar-refractivity contribution >= 4 is 5.91 Å². The Hall–Kier alpha value is -0.610. The second-order valence-corrected chi connectivity index (χ2v) is 5.65. The van der Waals surface area contributed by atoms with E-state index in [4.69, 9.17) is 0 Å². The van der Waals surface area contributed by atoms with Crippen LogP contribution in [0.25, 0.3) is 0 Å². The van der Waals surface area contributed by atoms with Gasteiger partial charge in [-0.15, -0.1) is 0 Å². The maximum absolute atomic E-state index is 12.4. The first-order chi connectivity index (χ1) is 7.97. The zero-order valence-electron chi connectivity index (χ0n) is 11.9. The molecule has 0 aromatic rings. The third kappa shape index (κ3) is 3.68. The fraction of sp³-hybridized carbons (Fsp3) is 0.923. The number of nitrogens with zero attached hydrogens (tertiary/aromatic N) is 2. The third-order valence-corrected chi connectivity index (χ3v) is 3.53. The SMILES string of the molecule is CNCC1CCN(C(=O)C(C(C)C)N(C)C)C1. The van der Waals surface area contributed by atoms with E-state index in [0.29, 0.717) is 17.7 Å². The van der Waals surface area contributed by atoms with Crippen LogP contribution in [0, 0.1) is 11.8 Å². The van der Waals surface area contributed by atoms with Crippen LogP contribution in [0.5, 0.6) is 0 Å². The van der Waals surface area contributed by atoms with Crippen molar-refractivity contribution in [3.05, 3.63) is 0 Å². The van der Waals surface area contributed by atoms with Crippen molar-refractivity contribution in [1.82, 2.24) is 15.1 Å². The van der Waals surface area contributed by atoms with E-state index in [1.165, 1.54) is 0 Å². The highest BCUT2D eigenvalue weighted by Gasteiger charge is 2.33. The molecule has 2 unspecified atom stereocenters. The summed E-state index contributed by atoms with van der Waals surface area (Å²) in [6, 6.07) is 0.0170. The molecular formula is C13H27N3O. The van der Waals surface area contributed by atoms with E-state index in [0.717, 1.165) is 26.1 Å². The summed E-state index contributed by atoms with van der Waals surface area (Å²) in [5.74, 6) is 1.28. The molecule has 1 heterocycles. The van der Waals surface area contributed by atoms with E-state index in [1.807, 2.05) is 30.9 Å². The Balaban J connectivity index is 2.58. The molecule has 4 heteroatoms. The summed E-state index contributed by atoms with van der Waals surface area (Å²) in [6.45, 7) is 7.07. The lowest BCUT2D eigenvalue weighted by Gasteiger charge is -2.30. The van der Waals surface area contributed by atoms with E-state index >= 15 is 0 Å². The van der Waals surface area contributed by atoms with Gasteiger partial charge < -0.3 is 10.2 Å². The van der Waals surface area contributed by atoms with Gasteiger partial charge in [-0.05, 0) is 45.9 Å². The van der Waals surface area contributed by atoms with Gasteiger partial charge in [-0.3, -0.25) is 9.69 Å². The molecule has 0 spiro atoms. The largest absolute Gasteiger partial charge is 0.341 e. The Morgan fingerprint density at radius 3 is 2.59 bits per heavy atom. The molecule has 1 N–H and O–H groups in total. The quantitative estimate of drug-likeness (QED) is 0.767. The first-order valence-corrected chi connectivity index (χ1v) is 6.57. The number of carbonyl (C=O) groups is 1. The molecule has 1 amide bonds. The number of hydrogen-bond acceptors (Lipinski definition) is 3. The van der Waals surface area contributed by atoms with Gasteiger partial charge in [0.25, 0.3) is 0 Å². The van der Waals surface area contributed by atoms with Gasteiger partial charge in [0.1, 0.15) is 0 Å². The Bertz CT molecular complexity index is 245. The normalized spacial score (nSPS) is 22.5. The van der Waals surface area contributed by atoms with Gasteiger partial charge in [0, 0.05) is 13.1 Å². The fourth-order valence-electron chi connectivity index (χ4n) is 2.78. The number of nitrogens with one attached hydrogen (secondary N) is 1. The summed E-state index contributed by atoms with van der Waals surface area (Å²) < 4.78 is 0. The summed E-state index contributed by atoms with van der Waals surface area (Å²) >= 11 is 0. The second kappa shape index (κ2) is 6.36. The Morgan fingerprint density at radius 2 is 2.12 bits per heavy atom. The summed E-state index contributed by atoms with van der Waals surface area (Å²) in [7, 11) is 5.95. The first-order valence-electron chi connectivity index (χ1n) is 6.57. The van der Waals surface area contributed by atoms with Crippen LogP contribution < -0.4 is 5.32 Å².